The Morgan fingerprint density at radius 1 is 1.36 bits per heavy atom. The summed E-state index contributed by atoms with van der Waals surface area (Å²) in [5, 5.41) is 3.14. The highest BCUT2D eigenvalue weighted by molar-refractivity contribution is 9.10. The molecule has 0 aromatic heterocycles. The molecule has 1 fully saturated rings. The number of anilines is 1. The first-order valence-corrected chi connectivity index (χ1v) is 8.01. The van der Waals surface area contributed by atoms with Crippen LogP contribution >= 0.6 is 15.9 Å². The minimum Gasteiger partial charge on any atom is -0.382 e. The Balaban J connectivity index is 1.99. The molecule has 2 rings (SSSR count). The minimum absolute atomic E-state index is 0.0360. The molecule has 3 nitrogen and oxygen atoms in total. The van der Waals surface area contributed by atoms with Gasteiger partial charge >= 0.3 is 6.18 Å². The first-order chi connectivity index (χ1) is 10.3. The van der Waals surface area contributed by atoms with Gasteiger partial charge in [0.2, 0.25) is 5.91 Å². The fourth-order valence-corrected chi connectivity index (χ4v) is 3.04. The number of amides is 1. The molecule has 22 heavy (non-hydrogen) atoms. The lowest BCUT2D eigenvalue weighted by molar-refractivity contribution is -0.138. The summed E-state index contributed by atoms with van der Waals surface area (Å²) >= 11 is 2.93. The fraction of sp³-hybridized carbons (Fsp3) is 0.533. The number of halogens is 4. The van der Waals surface area contributed by atoms with E-state index in [1.807, 2.05) is 6.92 Å². The van der Waals surface area contributed by atoms with E-state index in [0.29, 0.717) is 25.2 Å². The maximum atomic E-state index is 12.9. The van der Waals surface area contributed by atoms with E-state index < -0.39 is 11.7 Å². The Bertz CT molecular complexity index is 540. The van der Waals surface area contributed by atoms with Crippen LogP contribution in [0.5, 0.6) is 0 Å². The predicted octanol–water partition coefficient (Wildman–Crippen LogP) is 4.28. The number of likely N-dealkylation sites (tertiary alicyclic amines) is 1. The van der Waals surface area contributed by atoms with Crippen molar-refractivity contribution in [1.29, 1.82) is 0 Å². The number of alkyl halides is 3. The van der Waals surface area contributed by atoms with Crippen molar-refractivity contribution in [3.8, 4) is 0 Å². The highest BCUT2D eigenvalue weighted by atomic mass is 79.9. The van der Waals surface area contributed by atoms with Crippen LogP contribution in [0, 0.1) is 0 Å². The third-order valence-corrected chi connectivity index (χ3v) is 4.48. The van der Waals surface area contributed by atoms with Gasteiger partial charge in [0.05, 0.1) is 5.56 Å². The maximum Gasteiger partial charge on any atom is 0.417 e. The van der Waals surface area contributed by atoms with Gasteiger partial charge in [-0.3, -0.25) is 4.79 Å². The van der Waals surface area contributed by atoms with Crippen LogP contribution in [0.25, 0.3) is 0 Å². The van der Waals surface area contributed by atoms with Gasteiger partial charge < -0.3 is 10.2 Å². The number of benzene rings is 1. The number of nitrogens with zero attached hydrogens (tertiary/aromatic N) is 1. The zero-order chi connectivity index (χ0) is 16.3. The summed E-state index contributed by atoms with van der Waals surface area (Å²) in [6, 6.07) is 4.24. The number of hydrogen-bond donors (Lipinski definition) is 1. The van der Waals surface area contributed by atoms with Crippen molar-refractivity contribution < 1.29 is 18.0 Å². The molecule has 0 atom stereocenters. The van der Waals surface area contributed by atoms with Crippen molar-refractivity contribution in [2.45, 2.75) is 38.4 Å². The second-order valence-electron chi connectivity index (χ2n) is 5.35. The van der Waals surface area contributed by atoms with Crippen molar-refractivity contribution in [2.24, 2.45) is 0 Å². The Hall–Kier alpha value is -1.24. The standard InChI is InChI=1S/C15H18BrF3N2O/c1-2-14(22)21-7-5-10(6-8-21)20-11-3-4-13(16)12(9-11)15(17,18)19/h3-4,9-10,20H,2,5-8H2,1H3. The molecule has 0 aliphatic carbocycles. The molecular weight excluding hydrogens is 361 g/mol. The van der Waals surface area contributed by atoms with Crippen LogP contribution in [0.3, 0.4) is 0 Å². The van der Waals surface area contributed by atoms with Crippen LogP contribution in [0.15, 0.2) is 22.7 Å². The van der Waals surface area contributed by atoms with E-state index in [2.05, 4.69) is 21.2 Å². The van der Waals surface area contributed by atoms with Gasteiger partial charge in [-0.2, -0.15) is 13.2 Å². The third-order valence-electron chi connectivity index (χ3n) is 3.79. The Morgan fingerprint density at radius 2 is 2.00 bits per heavy atom. The van der Waals surface area contributed by atoms with Crippen molar-refractivity contribution in [3.63, 3.8) is 0 Å². The Labute approximate surface area is 136 Å². The molecule has 1 saturated heterocycles. The fourth-order valence-electron chi connectivity index (χ4n) is 2.56. The van der Waals surface area contributed by atoms with Gasteiger partial charge in [-0.25, -0.2) is 0 Å². The van der Waals surface area contributed by atoms with E-state index in [0.717, 1.165) is 18.9 Å². The number of piperidine rings is 1. The van der Waals surface area contributed by atoms with Crippen LogP contribution in [-0.2, 0) is 11.0 Å². The van der Waals surface area contributed by atoms with Crippen LogP contribution in [0.2, 0.25) is 0 Å². The van der Waals surface area contributed by atoms with Gasteiger partial charge in [0, 0.05) is 35.7 Å². The summed E-state index contributed by atoms with van der Waals surface area (Å²) in [5.41, 5.74) is -0.230. The largest absolute Gasteiger partial charge is 0.417 e. The number of carbonyl (C=O) groups excluding carboxylic acids is 1. The molecule has 0 radical (unpaired) electrons. The summed E-state index contributed by atoms with van der Waals surface area (Å²) < 4.78 is 38.7. The molecule has 0 saturated carbocycles. The quantitative estimate of drug-likeness (QED) is 0.850. The molecule has 1 N–H and O–H groups in total. The van der Waals surface area contributed by atoms with Gasteiger partial charge in [-0.15, -0.1) is 0 Å². The summed E-state index contributed by atoms with van der Waals surface area (Å²) in [6.07, 6.45) is -2.42. The van der Waals surface area contributed by atoms with E-state index in [4.69, 9.17) is 0 Å². The number of hydrogen-bond acceptors (Lipinski definition) is 2. The molecule has 7 heteroatoms. The Morgan fingerprint density at radius 3 is 2.55 bits per heavy atom. The van der Waals surface area contributed by atoms with E-state index in [9.17, 15) is 18.0 Å². The number of nitrogens with one attached hydrogen (secondary N) is 1. The van der Waals surface area contributed by atoms with E-state index >= 15 is 0 Å². The summed E-state index contributed by atoms with van der Waals surface area (Å²) in [4.78, 5) is 13.4. The zero-order valence-electron chi connectivity index (χ0n) is 12.2. The molecule has 1 amide bonds. The molecule has 1 aromatic rings. The van der Waals surface area contributed by atoms with Crippen LogP contribution < -0.4 is 5.32 Å². The molecule has 0 spiro atoms. The lowest BCUT2D eigenvalue weighted by Gasteiger charge is -2.33. The van der Waals surface area contributed by atoms with E-state index in [1.54, 1.807) is 11.0 Å². The highest BCUT2D eigenvalue weighted by Gasteiger charge is 2.33. The van der Waals surface area contributed by atoms with E-state index in [-0.39, 0.29) is 16.4 Å². The molecular formula is C15H18BrF3N2O. The van der Waals surface area contributed by atoms with E-state index in [1.165, 1.54) is 6.07 Å². The molecule has 1 aliphatic heterocycles. The topological polar surface area (TPSA) is 32.3 Å². The molecule has 0 unspecified atom stereocenters. The molecule has 1 aliphatic rings. The minimum atomic E-state index is -4.38. The third kappa shape index (κ3) is 4.15. The first kappa shape index (κ1) is 17.1. The average Bonchev–Trinajstić information content (AvgIpc) is 2.48. The second kappa shape index (κ2) is 6.89. The highest BCUT2D eigenvalue weighted by Crippen LogP contribution is 2.36. The predicted molar refractivity (Wildman–Crippen MR) is 82.7 cm³/mol. The normalized spacial score (nSPS) is 16.7. The first-order valence-electron chi connectivity index (χ1n) is 7.22. The van der Waals surface area contributed by atoms with Gasteiger partial charge in [0.25, 0.3) is 0 Å². The second-order valence-corrected chi connectivity index (χ2v) is 6.20. The van der Waals surface area contributed by atoms with Gasteiger partial charge in [-0.05, 0) is 31.0 Å². The molecule has 1 heterocycles. The molecule has 0 bridgehead atoms. The Kier molecular flexibility index (Phi) is 5.36. The average molecular weight is 379 g/mol. The number of carbonyl (C=O) groups is 1. The van der Waals surface area contributed by atoms with Crippen molar-refractivity contribution in [2.75, 3.05) is 18.4 Å². The van der Waals surface area contributed by atoms with Gasteiger partial charge in [0.1, 0.15) is 0 Å². The van der Waals surface area contributed by atoms with Crippen LogP contribution in [0.4, 0.5) is 18.9 Å². The monoisotopic (exact) mass is 378 g/mol. The van der Waals surface area contributed by atoms with Crippen LogP contribution in [-0.4, -0.2) is 29.9 Å². The van der Waals surface area contributed by atoms with Crippen molar-refractivity contribution in [3.05, 3.63) is 28.2 Å². The summed E-state index contributed by atoms with van der Waals surface area (Å²) in [7, 11) is 0. The van der Waals surface area contributed by atoms with Gasteiger partial charge in [-0.1, -0.05) is 22.9 Å². The number of rotatable bonds is 3. The van der Waals surface area contributed by atoms with Gasteiger partial charge in [0.15, 0.2) is 0 Å². The maximum absolute atomic E-state index is 12.9. The summed E-state index contributed by atoms with van der Waals surface area (Å²) in [6.45, 7) is 3.12. The lowest BCUT2D eigenvalue weighted by Crippen LogP contribution is -2.42. The molecule has 122 valence electrons. The lowest BCUT2D eigenvalue weighted by atomic mass is 10.0. The smallest absolute Gasteiger partial charge is 0.382 e. The van der Waals surface area contributed by atoms with Crippen molar-refractivity contribution >= 4 is 27.5 Å². The zero-order valence-corrected chi connectivity index (χ0v) is 13.8. The van der Waals surface area contributed by atoms with Crippen LogP contribution in [0.1, 0.15) is 31.7 Å². The van der Waals surface area contributed by atoms with Crippen molar-refractivity contribution in [1.82, 2.24) is 4.90 Å². The summed E-state index contributed by atoms with van der Waals surface area (Å²) in [5.74, 6) is 0.126. The molecule has 1 aromatic carbocycles. The SMILES string of the molecule is CCC(=O)N1CCC(Nc2ccc(Br)c(C(F)(F)F)c2)CC1.